The van der Waals surface area contributed by atoms with E-state index in [1.165, 1.54) is 0 Å². The molecule has 0 amide bonds. The van der Waals surface area contributed by atoms with E-state index in [2.05, 4.69) is 0 Å². The molecule has 0 aromatic heterocycles. The molecule has 88 valence electrons. The first-order valence-electron chi connectivity index (χ1n) is 5.29. The Labute approximate surface area is 100 Å². The monoisotopic (exact) mass is 242 g/mol. The third-order valence-corrected chi connectivity index (χ3v) is 2.90. The van der Waals surface area contributed by atoms with Gasteiger partial charge in [0.05, 0.1) is 20.3 Å². The van der Waals surface area contributed by atoms with Crippen molar-refractivity contribution >= 4 is 11.6 Å². The molecule has 1 fully saturated rings. The van der Waals surface area contributed by atoms with E-state index in [1.54, 1.807) is 7.11 Å². The Balaban J connectivity index is 2.24. The molecule has 0 unspecified atom stereocenters. The SMILES string of the molecule is COc1ccc(C2(CCCl)OCCO2)cc1. The summed E-state index contributed by atoms with van der Waals surface area (Å²) in [6.45, 7) is 1.23. The van der Waals surface area contributed by atoms with Crippen molar-refractivity contribution in [1.29, 1.82) is 0 Å². The molecule has 1 aliphatic heterocycles. The molecule has 1 aromatic carbocycles. The number of rotatable bonds is 4. The number of benzene rings is 1. The summed E-state index contributed by atoms with van der Waals surface area (Å²) in [6, 6.07) is 7.71. The van der Waals surface area contributed by atoms with Crippen LogP contribution in [0, 0.1) is 0 Å². The van der Waals surface area contributed by atoms with E-state index >= 15 is 0 Å². The summed E-state index contributed by atoms with van der Waals surface area (Å²) >= 11 is 5.79. The van der Waals surface area contributed by atoms with Crippen LogP contribution in [-0.4, -0.2) is 26.2 Å². The first kappa shape index (κ1) is 11.7. The van der Waals surface area contributed by atoms with Crippen LogP contribution in [0.3, 0.4) is 0 Å². The van der Waals surface area contributed by atoms with Crippen molar-refractivity contribution in [1.82, 2.24) is 0 Å². The van der Waals surface area contributed by atoms with Gasteiger partial charge in [0.1, 0.15) is 5.75 Å². The van der Waals surface area contributed by atoms with E-state index in [0.29, 0.717) is 25.5 Å². The Hall–Kier alpha value is -0.770. The van der Waals surface area contributed by atoms with Gasteiger partial charge in [-0.3, -0.25) is 0 Å². The van der Waals surface area contributed by atoms with E-state index in [9.17, 15) is 0 Å². The maximum atomic E-state index is 5.79. The van der Waals surface area contributed by atoms with E-state index in [1.807, 2.05) is 24.3 Å². The molecule has 1 aromatic rings. The van der Waals surface area contributed by atoms with Gasteiger partial charge in [0.15, 0.2) is 5.79 Å². The fourth-order valence-corrected chi connectivity index (χ4v) is 2.13. The molecule has 16 heavy (non-hydrogen) atoms. The topological polar surface area (TPSA) is 27.7 Å². The minimum absolute atomic E-state index is 0.506. The molecule has 1 heterocycles. The largest absolute Gasteiger partial charge is 0.497 e. The van der Waals surface area contributed by atoms with Crippen molar-refractivity contribution < 1.29 is 14.2 Å². The van der Waals surface area contributed by atoms with Gasteiger partial charge in [-0.15, -0.1) is 11.6 Å². The molecule has 0 saturated carbocycles. The predicted octanol–water partition coefficient (Wildman–Crippen LogP) is 2.52. The molecular formula is C12H15ClO3. The summed E-state index contributed by atoms with van der Waals surface area (Å²) in [7, 11) is 1.64. The highest BCUT2D eigenvalue weighted by atomic mass is 35.5. The number of ether oxygens (including phenoxy) is 3. The third kappa shape index (κ3) is 2.17. The minimum atomic E-state index is -0.659. The Kier molecular flexibility index (Phi) is 3.69. The summed E-state index contributed by atoms with van der Waals surface area (Å²) in [5, 5.41) is 0. The molecule has 0 atom stereocenters. The van der Waals surface area contributed by atoms with Crippen molar-refractivity contribution in [2.75, 3.05) is 26.2 Å². The van der Waals surface area contributed by atoms with Gasteiger partial charge in [-0.1, -0.05) is 0 Å². The Bertz CT molecular complexity index is 331. The molecular weight excluding hydrogens is 228 g/mol. The molecule has 1 saturated heterocycles. The predicted molar refractivity (Wildman–Crippen MR) is 61.9 cm³/mol. The third-order valence-electron chi connectivity index (χ3n) is 2.71. The smallest absolute Gasteiger partial charge is 0.196 e. The van der Waals surface area contributed by atoms with Gasteiger partial charge in [0.2, 0.25) is 0 Å². The number of hydrogen-bond acceptors (Lipinski definition) is 3. The molecule has 0 bridgehead atoms. The quantitative estimate of drug-likeness (QED) is 0.760. The van der Waals surface area contributed by atoms with Crippen LogP contribution in [0.25, 0.3) is 0 Å². The van der Waals surface area contributed by atoms with Gasteiger partial charge in [-0.2, -0.15) is 0 Å². The minimum Gasteiger partial charge on any atom is -0.497 e. The Morgan fingerprint density at radius 2 is 1.88 bits per heavy atom. The highest BCUT2D eigenvalue weighted by Crippen LogP contribution is 2.35. The number of halogens is 1. The summed E-state index contributed by atoms with van der Waals surface area (Å²) in [5.41, 5.74) is 0.992. The molecule has 2 rings (SSSR count). The Morgan fingerprint density at radius 3 is 2.38 bits per heavy atom. The maximum absolute atomic E-state index is 5.79. The molecule has 0 spiro atoms. The lowest BCUT2D eigenvalue weighted by molar-refractivity contribution is -0.166. The highest BCUT2D eigenvalue weighted by Gasteiger charge is 2.37. The fraction of sp³-hybridized carbons (Fsp3) is 0.500. The van der Waals surface area contributed by atoms with E-state index in [-0.39, 0.29) is 0 Å². The van der Waals surface area contributed by atoms with Crippen LogP contribution in [0.15, 0.2) is 24.3 Å². The zero-order chi connectivity index (χ0) is 11.4. The number of alkyl halides is 1. The summed E-state index contributed by atoms with van der Waals surface area (Å²) < 4.78 is 16.5. The lowest BCUT2D eigenvalue weighted by Crippen LogP contribution is -2.27. The maximum Gasteiger partial charge on any atom is 0.196 e. The van der Waals surface area contributed by atoms with Crippen LogP contribution in [0.4, 0.5) is 0 Å². The second-order valence-corrected chi connectivity index (χ2v) is 4.00. The average molecular weight is 243 g/mol. The summed E-state index contributed by atoms with van der Waals surface area (Å²) in [6.07, 6.45) is 0.654. The first-order chi connectivity index (χ1) is 7.80. The highest BCUT2D eigenvalue weighted by molar-refractivity contribution is 6.17. The second-order valence-electron chi connectivity index (χ2n) is 3.62. The van der Waals surface area contributed by atoms with Crippen LogP contribution < -0.4 is 4.74 Å². The van der Waals surface area contributed by atoms with Crippen molar-refractivity contribution in [3.8, 4) is 5.75 Å². The van der Waals surface area contributed by atoms with Crippen molar-refractivity contribution in [3.63, 3.8) is 0 Å². The zero-order valence-electron chi connectivity index (χ0n) is 9.24. The standard InChI is InChI=1S/C12H15ClO3/c1-14-11-4-2-10(3-5-11)12(6-7-13)15-8-9-16-12/h2-5H,6-9H2,1H3. The van der Waals surface area contributed by atoms with Crippen molar-refractivity contribution in [2.45, 2.75) is 12.2 Å². The fourth-order valence-electron chi connectivity index (χ4n) is 1.88. The molecule has 4 heteroatoms. The summed E-state index contributed by atoms with van der Waals surface area (Å²) in [5.74, 6) is 0.669. The first-order valence-corrected chi connectivity index (χ1v) is 5.82. The lowest BCUT2D eigenvalue weighted by atomic mass is 10.0. The van der Waals surface area contributed by atoms with E-state index in [4.69, 9.17) is 25.8 Å². The van der Waals surface area contributed by atoms with Gasteiger partial charge in [-0.05, 0) is 24.3 Å². The normalized spacial score (nSPS) is 18.6. The van der Waals surface area contributed by atoms with Gasteiger partial charge >= 0.3 is 0 Å². The van der Waals surface area contributed by atoms with Gasteiger partial charge < -0.3 is 14.2 Å². The summed E-state index contributed by atoms with van der Waals surface area (Å²) in [4.78, 5) is 0. The molecule has 0 radical (unpaired) electrons. The Morgan fingerprint density at radius 1 is 1.25 bits per heavy atom. The van der Waals surface area contributed by atoms with Crippen LogP contribution in [0.2, 0.25) is 0 Å². The van der Waals surface area contributed by atoms with Gasteiger partial charge in [0, 0.05) is 17.9 Å². The average Bonchev–Trinajstić information content (AvgIpc) is 2.80. The molecule has 0 N–H and O–H groups in total. The van der Waals surface area contributed by atoms with Crippen LogP contribution in [0.1, 0.15) is 12.0 Å². The molecule has 0 aliphatic carbocycles. The zero-order valence-corrected chi connectivity index (χ0v) is 10.00. The number of methoxy groups -OCH3 is 1. The molecule has 3 nitrogen and oxygen atoms in total. The van der Waals surface area contributed by atoms with Crippen molar-refractivity contribution in [3.05, 3.63) is 29.8 Å². The van der Waals surface area contributed by atoms with Crippen LogP contribution in [-0.2, 0) is 15.3 Å². The second kappa shape index (κ2) is 5.04. The molecule has 1 aliphatic rings. The van der Waals surface area contributed by atoms with Gasteiger partial charge in [0.25, 0.3) is 0 Å². The van der Waals surface area contributed by atoms with Crippen LogP contribution >= 0.6 is 11.6 Å². The lowest BCUT2D eigenvalue weighted by Gasteiger charge is -2.27. The van der Waals surface area contributed by atoms with E-state index < -0.39 is 5.79 Å². The van der Waals surface area contributed by atoms with Gasteiger partial charge in [-0.25, -0.2) is 0 Å². The van der Waals surface area contributed by atoms with Crippen molar-refractivity contribution in [2.24, 2.45) is 0 Å². The van der Waals surface area contributed by atoms with Crippen LogP contribution in [0.5, 0.6) is 5.75 Å². The van der Waals surface area contributed by atoms with E-state index in [0.717, 1.165) is 11.3 Å². The number of hydrogen-bond donors (Lipinski definition) is 0.